The van der Waals surface area contributed by atoms with Crippen molar-refractivity contribution < 1.29 is 0 Å². The zero-order chi connectivity index (χ0) is 22.1. The summed E-state index contributed by atoms with van der Waals surface area (Å²) in [6, 6.07) is 29.0. The first-order valence-electron chi connectivity index (χ1n) is 10.1. The minimum Gasteiger partial charge on any atom is -0.369 e. The monoisotopic (exact) mass is 584 g/mol. The molecule has 158 valence electrons. The molecule has 0 saturated heterocycles. The van der Waals surface area contributed by atoms with Crippen LogP contribution in [0, 0.1) is 0 Å². The van der Waals surface area contributed by atoms with E-state index in [1.807, 2.05) is 24.3 Å². The highest BCUT2D eigenvalue weighted by Gasteiger charge is 2.65. The van der Waals surface area contributed by atoms with Gasteiger partial charge in [-0.05, 0) is 71.8 Å². The van der Waals surface area contributed by atoms with Crippen molar-refractivity contribution in [3.05, 3.63) is 126 Å². The lowest BCUT2D eigenvalue weighted by Gasteiger charge is -2.42. The fourth-order valence-corrected chi connectivity index (χ4v) is 6.26. The second-order valence-electron chi connectivity index (χ2n) is 8.14. The summed E-state index contributed by atoms with van der Waals surface area (Å²) in [6.45, 7) is 0. The second kappa shape index (κ2) is 7.26. The molecule has 0 amide bonds. The third kappa shape index (κ3) is 2.70. The van der Waals surface area contributed by atoms with Crippen LogP contribution >= 0.6 is 55.1 Å². The van der Waals surface area contributed by atoms with Crippen LogP contribution in [-0.2, 0) is 11.1 Å². The van der Waals surface area contributed by atoms with Gasteiger partial charge in [0.1, 0.15) is 11.1 Å². The van der Waals surface area contributed by atoms with E-state index in [0.717, 1.165) is 42.6 Å². The van der Waals surface area contributed by atoms with Crippen LogP contribution in [0.1, 0.15) is 22.3 Å². The van der Waals surface area contributed by atoms with Gasteiger partial charge in [0.05, 0.1) is 0 Å². The minimum absolute atomic E-state index is 0.604. The number of nitrogens with one attached hydrogen (secondary N) is 2. The summed E-state index contributed by atoms with van der Waals surface area (Å²) in [6.07, 6.45) is 0. The summed E-state index contributed by atoms with van der Waals surface area (Å²) in [5.74, 6) is 0. The summed E-state index contributed by atoms with van der Waals surface area (Å²) in [5, 5.41) is 9.28. The average Bonchev–Trinajstić information content (AvgIpc) is 3.22. The van der Waals surface area contributed by atoms with E-state index in [1.165, 1.54) is 0 Å². The molecule has 0 aliphatic carbocycles. The first kappa shape index (κ1) is 20.6. The molecule has 4 aromatic rings. The summed E-state index contributed by atoms with van der Waals surface area (Å²) in [7, 11) is 0. The molecule has 2 aliphatic heterocycles. The Morgan fingerprint density at radius 2 is 0.906 bits per heavy atom. The van der Waals surface area contributed by atoms with Crippen LogP contribution in [0.15, 0.2) is 93.9 Å². The first-order chi connectivity index (χ1) is 15.4. The van der Waals surface area contributed by atoms with Crippen molar-refractivity contribution >= 4 is 66.4 Å². The van der Waals surface area contributed by atoms with Crippen molar-refractivity contribution in [1.29, 1.82) is 0 Å². The van der Waals surface area contributed by atoms with Crippen molar-refractivity contribution in [2.24, 2.45) is 0 Å². The van der Waals surface area contributed by atoms with Crippen LogP contribution < -0.4 is 10.6 Å². The lowest BCUT2D eigenvalue weighted by atomic mass is 9.66. The Kier molecular flexibility index (Phi) is 4.68. The molecule has 2 aliphatic rings. The van der Waals surface area contributed by atoms with E-state index in [0.29, 0.717) is 10.0 Å². The van der Waals surface area contributed by atoms with Crippen LogP contribution in [0.4, 0.5) is 11.4 Å². The number of hydrogen-bond acceptors (Lipinski definition) is 2. The molecule has 0 aromatic heterocycles. The molecule has 0 bridgehead atoms. The summed E-state index contributed by atoms with van der Waals surface area (Å²) >= 11 is 20.0. The van der Waals surface area contributed by atoms with Crippen LogP contribution in [0.5, 0.6) is 0 Å². The Balaban J connectivity index is 1.77. The van der Waals surface area contributed by atoms with E-state index in [-0.39, 0.29) is 0 Å². The molecule has 0 spiro atoms. The Bertz CT molecular complexity index is 1260. The number of fused-ring (bicyclic) bond motifs is 5. The van der Waals surface area contributed by atoms with Crippen LogP contribution in [0.2, 0.25) is 10.0 Å². The van der Waals surface area contributed by atoms with Crippen LogP contribution in [0.25, 0.3) is 0 Å². The third-order valence-corrected chi connectivity index (χ3v) is 8.02. The van der Waals surface area contributed by atoms with Gasteiger partial charge in [0.15, 0.2) is 0 Å². The number of rotatable bonds is 2. The van der Waals surface area contributed by atoms with E-state index in [1.54, 1.807) is 0 Å². The maximum Gasteiger partial charge on any atom is 0.122 e. The predicted molar refractivity (Wildman–Crippen MR) is 140 cm³/mol. The van der Waals surface area contributed by atoms with Gasteiger partial charge in [-0.2, -0.15) is 0 Å². The Hall–Kier alpha value is -1.98. The molecule has 2 N–H and O–H groups in total. The number of benzene rings is 4. The molecule has 4 aromatic carbocycles. The van der Waals surface area contributed by atoms with Gasteiger partial charge in [0.2, 0.25) is 0 Å². The van der Waals surface area contributed by atoms with E-state index in [9.17, 15) is 0 Å². The topological polar surface area (TPSA) is 24.1 Å². The maximum absolute atomic E-state index is 6.30. The Labute approximate surface area is 213 Å². The molecule has 2 heterocycles. The molecule has 6 rings (SSSR count). The van der Waals surface area contributed by atoms with Crippen molar-refractivity contribution in [1.82, 2.24) is 0 Å². The summed E-state index contributed by atoms with van der Waals surface area (Å²) in [5.41, 5.74) is 5.52. The molecular formula is C26H16Br2Cl2N2. The van der Waals surface area contributed by atoms with Gasteiger partial charge in [0.25, 0.3) is 0 Å². The van der Waals surface area contributed by atoms with Crippen LogP contribution in [-0.4, -0.2) is 0 Å². The molecule has 0 saturated carbocycles. The Morgan fingerprint density at radius 1 is 0.531 bits per heavy atom. The highest BCUT2D eigenvalue weighted by Crippen LogP contribution is 2.64. The molecule has 6 heteroatoms. The van der Waals surface area contributed by atoms with E-state index < -0.39 is 11.1 Å². The van der Waals surface area contributed by atoms with Gasteiger partial charge in [-0.3, -0.25) is 0 Å². The van der Waals surface area contributed by atoms with Gasteiger partial charge >= 0.3 is 0 Å². The fourth-order valence-electron chi connectivity index (χ4n) is 5.29. The van der Waals surface area contributed by atoms with Gasteiger partial charge in [0, 0.05) is 41.5 Å². The second-order valence-corrected chi connectivity index (χ2v) is 10.8. The van der Waals surface area contributed by atoms with Gasteiger partial charge in [-0.25, -0.2) is 0 Å². The SMILES string of the molecule is Clc1ccc(C23Nc4ccc(Br)cc4C2(c2ccc(Cl)cc2)Nc2ccc(Br)cc23)cc1. The zero-order valence-electron chi connectivity index (χ0n) is 16.6. The molecule has 0 fully saturated rings. The van der Waals surface area contributed by atoms with Gasteiger partial charge in [-0.15, -0.1) is 0 Å². The van der Waals surface area contributed by atoms with Gasteiger partial charge < -0.3 is 10.6 Å². The number of hydrogen-bond donors (Lipinski definition) is 2. The molecule has 32 heavy (non-hydrogen) atoms. The third-order valence-electron chi connectivity index (χ3n) is 6.53. The van der Waals surface area contributed by atoms with Crippen LogP contribution in [0.3, 0.4) is 0 Å². The lowest BCUT2D eigenvalue weighted by molar-refractivity contribution is 0.439. The van der Waals surface area contributed by atoms with Gasteiger partial charge in [-0.1, -0.05) is 79.3 Å². The Morgan fingerprint density at radius 3 is 1.28 bits per heavy atom. The summed E-state index contributed by atoms with van der Waals surface area (Å²) < 4.78 is 2.05. The quantitative estimate of drug-likeness (QED) is 0.246. The maximum atomic E-state index is 6.30. The molecule has 2 atom stereocenters. The molecular weight excluding hydrogens is 571 g/mol. The van der Waals surface area contributed by atoms with E-state index in [4.69, 9.17) is 23.2 Å². The van der Waals surface area contributed by atoms with Crippen molar-refractivity contribution in [2.45, 2.75) is 11.1 Å². The normalized spacial score (nSPS) is 22.5. The highest BCUT2D eigenvalue weighted by molar-refractivity contribution is 9.10. The largest absolute Gasteiger partial charge is 0.369 e. The molecule has 2 nitrogen and oxygen atoms in total. The molecule has 0 radical (unpaired) electrons. The standard InChI is InChI=1S/C26H16Br2Cl2N2/c27-17-5-11-23-21(13-17)25(15-1-7-19(29)8-2-15)26(32-23,16-3-9-20(30)10-4-16)22-14-18(28)6-12-24(22)31-25/h1-14,31-32H. The average molecular weight is 587 g/mol. The zero-order valence-corrected chi connectivity index (χ0v) is 21.3. The van der Waals surface area contributed by atoms with Crippen molar-refractivity contribution in [3.63, 3.8) is 0 Å². The van der Waals surface area contributed by atoms with E-state index >= 15 is 0 Å². The number of halogens is 4. The molecule has 2 unspecified atom stereocenters. The first-order valence-corrected chi connectivity index (χ1v) is 12.5. The highest BCUT2D eigenvalue weighted by atomic mass is 79.9. The van der Waals surface area contributed by atoms with E-state index in [2.05, 4.69) is 103 Å². The predicted octanol–water partition coefficient (Wildman–Crippen LogP) is 8.56. The lowest BCUT2D eigenvalue weighted by Crippen LogP contribution is -2.51. The van der Waals surface area contributed by atoms with Crippen molar-refractivity contribution in [3.8, 4) is 0 Å². The number of anilines is 2. The summed E-state index contributed by atoms with van der Waals surface area (Å²) in [4.78, 5) is 0. The minimum atomic E-state index is -0.604. The fraction of sp³-hybridized carbons (Fsp3) is 0.0769. The van der Waals surface area contributed by atoms with Crippen molar-refractivity contribution in [2.75, 3.05) is 10.6 Å². The smallest absolute Gasteiger partial charge is 0.122 e.